The lowest BCUT2D eigenvalue weighted by Crippen LogP contribution is -2.32. The van der Waals surface area contributed by atoms with Crippen LogP contribution in [0.25, 0.3) is 6.08 Å². The molecule has 4 rings (SSSR count). The first-order valence-electron chi connectivity index (χ1n) is 9.16. The van der Waals surface area contributed by atoms with Crippen LogP contribution in [0.1, 0.15) is 16.7 Å². The Balaban J connectivity index is 1.81. The molecule has 1 aliphatic heterocycles. The van der Waals surface area contributed by atoms with Gasteiger partial charge in [0.15, 0.2) is 0 Å². The van der Waals surface area contributed by atoms with Gasteiger partial charge in [-0.05, 0) is 55.0 Å². The molecule has 3 aromatic rings. The van der Waals surface area contributed by atoms with Crippen molar-refractivity contribution in [3.8, 4) is 5.75 Å². The number of carbonyl (C=O) groups is 1. The Labute approximate surface area is 178 Å². The predicted molar refractivity (Wildman–Crippen MR) is 120 cm³/mol. The molecule has 1 heterocycles. The minimum atomic E-state index is -0.161. The van der Waals surface area contributed by atoms with E-state index in [2.05, 4.69) is 15.9 Å². The van der Waals surface area contributed by atoms with Crippen molar-refractivity contribution in [2.75, 3.05) is 12.0 Å². The minimum Gasteiger partial charge on any atom is -0.497 e. The van der Waals surface area contributed by atoms with Crippen LogP contribution < -0.4 is 9.64 Å². The third kappa shape index (κ3) is 4.00. The van der Waals surface area contributed by atoms with Crippen LogP contribution in [0.3, 0.4) is 0 Å². The largest absolute Gasteiger partial charge is 0.497 e. The van der Waals surface area contributed by atoms with Crippen molar-refractivity contribution >= 4 is 39.4 Å². The number of aryl methyl sites for hydroxylation is 1. The van der Waals surface area contributed by atoms with E-state index < -0.39 is 0 Å². The quantitative estimate of drug-likeness (QED) is 0.489. The fraction of sp³-hybridized carbons (Fsp3) is 0.0833. The van der Waals surface area contributed by atoms with E-state index in [-0.39, 0.29) is 5.91 Å². The van der Waals surface area contributed by atoms with Crippen molar-refractivity contribution in [1.82, 2.24) is 0 Å². The number of aliphatic imine (C=N–C) groups is 1. The van der Waals surface area contributed by atoms with Gasteiger partial charge in [-0.3, -0.25) is 9.69 Å². The molecule has 0 radical (unpaired) electrons. The van der Waals surface area contributed by atoms with Crippen LogP contribution >= 0.6 is 15.9 Å². The zero-order chi connectivity index (χ0) is 20.4. The van der Waals surface area contributed by atoms with Crippen LogP contribution in [-0.2, 0) is 4.79 Å². The monoisotopic (exact) mass is 446 g/mol. The zero-order valence-electron chi connectivity index (χ0n) is 16.1. The van der Waals surface area contributed by atoms with Gasteiger partial charge in [0.1, 0.15) is 17.3 Å². The number of methoxy groups -OCH3 is 1. The smallest absolute Gasteiger partial charge is 0.282 e. The maximum Gasteiger partial charge on any atom is 0.282 e. The third-order valence-electron chi connectivity index (χ3n) is 4.65. The number of amidine groups is 1. The van der Waals surface area contributed by atoms with Gasteiger partial charge in [-0.15, -0.1) is 0 Å². The predicted octanol–water partition coefficient (Wildman–Crippen LogP) is 5.60. The number of anilines is 1. The molecule has 1 amide bonds. The molecule has 29 heavy (non-hydrogen) atoms. The maximum absolute atomic E-state index is 13.3. The van der Waals surface area contributed by atoms with E-state index in [0.717, 1.165) is 32.6 Å². The maximum atomic E-state index is 13.3. The van der Waals surface area contributed by atoms with E-state index >= 15 is 0 Å². The minimum absolute atomic E-state index is 0.161. The van der Waals surface area contributed by atoms with Crippen molar-refractivity contribution in [1.29, 1.82) is 0 Å². The van der Waals surface area contributed by atoms with Gasteiger partial charge >= 0.3 is 0 Å². The Bertz CT molecular complexity index is 1120. The lowest BCUT2D eigenvalue weighted by atomic mass is 10.1. The van der Waals surface area contributed by atoms with Crippen molar-refractivity contribution in [3.63, 3.8) is 0 Å². The molecule has 0 unspecified atom stereocenters. The lowest BCUT2D eigenvalue weighted by molar-refractivity contribution is -0.113. The van der Waals surface area contributed by atoms with Gasteiger partial charge in [-0.1, -0.05) is 57.9 Å². The molecule has 0 fully saturated rings. The van der Waals surface area contributed by atoms with Gasteiger partial charge in [0.05, 0.1) is 12.8 Å². The molecule has 0 atom stereocenters. The number of amides is 1. The number of halogens is 1. The normalized spacial score (nSPS) is 15.0. The molecule has 0 spiro atoms. The average molecular weight is 447 g/mol. The van der Waals surface area contributed by atoms with Gasteiger partial charge in [-0.2, -0.15) is 0 Å². The number of carbonyl (C=O) groups excluding carboxylic acids is 1. The van der Waals surface area contributed by atoms with E-state index in [9.17, 15) is 4.79 Å². The second kappa shape index (κ2) is 8.05. The van der Waals surface area contributed by atoms with E-state index in [0.29, 0.717) is 11.5 Å². The SMILES string of the molecule is COc1cccc(/C=C2/N=C(c3ccc(C)cc3)N(c3ccc(Br)cc3)C2=O)c1. The lowest BCUT2D eigenvalue weighted by Gasteiger charge is -2.18. The van der Waals surface area contributed by atoms with Crippen LogP contribution in [0.2, 0.25) is 0 Å². The molecule has 5 heteroatoms. The molecule has 3 aromatic carbocycles. The summed E-state index contributed by atoms with van der Waals surface area (Å²) >= 11 is 3.45. The molecule has 144 valence electrons. The van der Waals surface area contributed by atoms with E-state index in [1.165, 1.54) is 0 Å². The summed E-state index contributed by atoms with van der Waals surface area (Å²) in [4.78, 5) is 19.7. The Morgan fingerprint density at radius 2 is 1.72 bits per heavy atom. The summed E-state index contributed by atoms with van der Waals surface area (Å²) in [6.07, 6.45) is 1.79. The summed E-state index contributed by atoms with van der Waals surface area (Å²) in [6, 6.07) is 23.2. The van der Waals surface area contributed by atoms with E-state index in [1.807, 2.05) is 79.7 Å². The summed E-state index contributed by atoms with van der Waals surface area (Å²) in [5.74, 6) is 1.19. The molecule has 4 nitrogen and oxygen atoms in total. The number of hydrogen-bond acceptors (Lipinski definition) is 3. The summed E-state index contributed by atoms with van der Waals surface area (Å²) in [6.45, 7) is 2.03. The third-order valence-corrected chi connectivity index (χ3v) is 5.18. The second-order valence-electron chi connectivity index (χ2n) is 6.72. The van der Waals surface area contributed by atoms with Crippen LogP contribution in [0, 0.1) is 6.92 Å². The van der Waals surface area contributed by atoms with Gasteiger partial charge < -0.3 is 4.74 Å². The van der Waals surface area contributed by atoms with E-state index in [1.54, 1.807) is 18.1 Å². The molecule has 0 bridgehead atoms. The van der Waals surface area contributed by atoms with Gasteiger partial charge in [-0.25, -0.2) is 4.99 Å². The molecule has 0 saturated heterocycles. The summed E-state index contributed by atoms with van der Waals surface area (Å²) < 4.78 is 6.24. The van der Waals surface area contributed by atoms with Gasteiger partial charge in [0.2, 0.25) is 0 Å². The molecule has 0 N–H and O–H groups in total. The fourth-order valence-electron chi connectivity index (χ4n) is 3.13. The topological polar surface area (TPSA) is 41.9 Å². The summed E-state index contributed by atoms with van der Waals surface area (Å²) in [7, 11) is 1.62. The second-order valence-corrected chi connectivity index (χ2v) is 7.64. The Morgan fingerprint density at radius 1 is 1.00 bits per heavy atom. The first-order valence-corrected chi connectivity index (χ1v) is 9.96. The molecule has 1 aliphatic rings. The summed E-state index contributed by atoms with van der Waals surface area (Å²) in [5, 5.41) is 0. The van der Waals surface area contributed by atoms with Gasteiger partial charge in [0.25, 0.3) is 5.91 Å². The Morgan fingerprint density at radius 3 is 2.41 bits per heavy atom. The highest BCUT2D eigenvalue weighted by Gasteiger charge is 2.32. The Kier molecular flexibility index (Phi) is 5.32. The first-order chi connectivity index (χ1) is 14.0. The Hall–Kier alpha value is -3.18. The highest BCUT2D eigenvalue weighted by Crippen LogP contribution is 2.29. The number of nitrogens with zero attached hydrogens (tertiary/aromatic N) is 2. The van der Waals surface area contributed by atoms with Crippen LogP contribution in [-0.4, -0.2) is 18.9 Å². The highest BCUT2D eigenvalue weighted by atomic mass is 79.9. The summed E-state index contributed by atoms with van der Waals surface area (Å²) in [5.41, 5.74) is 4.06. The molecule has 0 aromatic heterocycles. The molecule has 0 saturated carbocycles. The number of benzene rings is 3. The highest BCUT2D eigenvalue weighted by molar-refractivity contribution is 9.10. The first kappa shape index (κ1) is 19.2. The zero-order valence-corrected chi connectivity index (χ0v) is 17.7. The number of hydrogen-bond donors (Lipinski definition) is 0. The van der Waals surface area contributed by atoms with Crippen molar-refractivity contribution < 1.29 is 9.53 Å². The van der Waals surface area contributed by atoms with Crippen molar-refractivity contribution in [2.45, 2.75) is 6.92 Å². The van der Waals surface area contributed by atoms with Gasteiger partial charge in [0, 0.05) is 10.0 Å². The fourth-order valence-corrected chi connectivity index (χ4v) is 3.40. The van der Waals surface area contributed by atoms with Crippen molar-refractivity contribution in [2.24, 2.45) is 4.99 Å². The molecular formula is C24H19BrN2O2. The molecule has 0 aliphatic carbocycles. The standard InChI is InChI=1S/C24H19BrN2O2/c1-16-6-8-18(9-7-16)23-26-22(15-17-4-3-5-21(14-17)29-2)24(28)27(23)20-12-10-19(25)11-13-20/h3-15H,1-2H3/b22-15+. The van der Waals surface area contributed by atoms with Crippen LogP contribution in [0.15, 0.2) is 88.0 Å². The number of rotatable bonds is 4. The van der Waals surface area contributed by atoms with Crippen LogP contribution in [0.5, 0.6) is 5.75 Å². The number of ether oxygens (including phenoxy) is 1. The van der Waals surface area contributed by atoms with Crippen LogP contribution in [0.4, 0.5) is 5.69 Å². The molecular weight excluding hydrogens is 428 g/mol. The average Bonchev–Trinajstić information content (AvgIpc) is 3.05. The van der Waals surface area contributed by atoms with Crippen molar-refractivity contribution in [3.05, 3.63) is 99.7 Å². The van der Waals surface area contributed by atoms with E-state index in [4.69, 9.17) is 9.73 Å².